The van der Waals surface area contributed by atoms with Gasteiger partial charge in [-0.3, -0.25) is 4.79 Å². The Labute approximate surface area is 271 Å². The predicted molar refractivity (Wildman–Crippen MR) is 180 cm³/mol. The standard InChI is InChI=1S/C37H58N2O4S/c1-24(8-7-20-38-33(22-25-9-5-4-6-10-25)34(41)39-32(17-21-44)35(42)43)29-13-14-30-28-12-11-26-23-27(40)15-18-36(26,2)31(28)16-19-37(29,30)3/h4-6,9-10,24,26-33,38,40,44H,7-8,11-23H2,1-3H3,(H,39,41)(H,42,43)/t24-,26-,27-,28+,29-,30+,31+,32?,33?,36+,37-/m1/s1. The molecule has 4 aliphatic carbocycles. The van der Waals surface area contributed by atoms with Crippen LogP contribution in [0.1, 0.15) is 103 Å². The van der Waals surface area contributed by atoms with E-state index in [0.717, 1.165) is 61.5 Å². The lowest BCUT2D eigenvalue weighted by Crippen LogP contribution is -2.54. The summed E-state index contributed by atoms with van der Waals surface area (Å²) in [4.78, 5) is 24.9. The maximum atomic E-state index is 13.2. The molecule has 0 aliphatic heterocycles. The minimum absolute atomic E-state index is 0.0765. The number of hydrogen-bond donors (Lipinski definition) is 5. The Morgan fingerprint density at radius 3 is 2.41 bits per heavy atom. The fraction of sp³-hybridized carbons (Fsp3) is 0.784. The van der Waals surface area contributed by atoms with Crippen molar-refractivity contribution < 1.29 is 19.8 Å². The highest BCUT2D eigenvalue weighted by atomic mass is 32.1. The molecule has 1 aromatic rings. The third kappa shape index (κ3) is 7.05. The molecule has 5 rings (SSSR count). The third-order valence-electron chi connectivity index (χ3n) is 13.3. The van der Waals surface area contributed by atoms with Crippen LogP contribution < -0.4 is 10.6 Å². The summed E-state index contributed by atoms with van der Waals surface area (Å²) in [5.41, 5.74) is 1.92. The fourth-order valence-electron chi connectivity index (χ4n) is 10.9. The van der Waals surface area contributed by atoms with Crippen LogP contribution in [0.3, 0.4) is 0 Å². The molecule has 6 nitrogen and oxygen atoms in total. The summed E-state index contributed by atoms with van der Waals surface area (Å²) in [6.07, 6.45) is 14.3. The molecule has 4 aliphatic rings. The van der Waals surface area contributed by atoms with Gasteiger partial charge in [0.2, 0.25) is 5.91 Å². The molecule has 246 valence electrons. The Kier molecular flexibility index (Phi) is 11.1. The average Bonchev–Trinajstić information content (AvgIpc) is 3.36. The summed E-state index contributed by atoms with van der Waals surface area (Å²) in [5, 5.41) is 26.2. The predicted octanol–water partition coefficient (Wildman–Crippen LogP) is 6.51. The summed E-state index contributed by atoms with van der Waals surface area (Å²) in [6, 6.07) is 8.55. The molecular weight excluding hydrogens is 568 g/mol. The largest absolute Gasteiger partial charge is 0.480 e. The van der Waals surface area contributed by atoms with Gasteiger partial charge in [0.15, 0.2) is 0 Å². The van der Waals surface area contributed by atoms with Gasteiger partial charge in [0.1, 0.15) is 6.04 Å². The van der Waals surface area contributed by atoms with E-state index in [2.05, 4.69) is 44.0 Å². The van der Waals surface area contributed by atoms with Crippen molar-refractivity contribution in [1.29, 1.82) is 0 Å². The van der Waals surface area contributed by atoms with E-state index in [4.69, 9.17) is 0 Å². The van der Waals surface area contributed by atoms with Gasteiger partial charge in [-0.1, -0.05) is 51.1 Å². The zero-order valence-electron chi connectivity index (χ0n) is 27.3. The number of carboxylic acids is 1. The average molecular weight is 627 g/mol. The van der Waals surface area contributed by atoms with Crippen LogP contribution in [0.5, 0.6) is 0 Å². The van der Waals surface area contributed by atoms with E-state index in [-0.39, 0.29) is 12.0 Å². The molecule has 2 unspecified atom stereocenters. The third-order valence-corrected chi connectivity index (χ3v) is 13.5. The molecule has 4 saturated carbocycles. The van der Waals surface area contributed by atoms with Gasteiger partial charge in [-0.25, -0.2) is 4.79 Å². The molecule has 0 aromatic heterocycles. The van der Waals surface area contributed by atoms with Gasteiger partial charge >= 0.3 is 5.97 Å². The number of aliphatic carboxylic acids is 1. The summed E-state index contributed by atoms with van der Waals surface area (Å²) < 4.78 is 0. The molecule has 0 heterocycles. The summed E-state index contributed by atoms with van der Waals surface area (Å²) >= 11 is 4.18. The van der Waals surface area contributed by atoms with Gasteiger partial charge in [-0.15, -0.1) is 0 Å². The summed E-state index contributed by atoms with van der Waals surface area (Å²) in [7, 11) is 0. The number of carbonyl (C=O) groups is 2. The van der Waals surface area contributed by atoms with Crippen molar-refractivity contribution in [1.82, 2.24) is 10.6 Å². The van der Waals surface area contributed by atoms with Crippen molar-refractivity contribution in [3.63, 3.8) is 0 Å². The number of thiol groups is 1. The minimum atomic E-state index is -1.02. The molecule has 1 amide bonds. The molecule has 44 heavy (non-hydrogen) atoms. The van der Waals surface area contributed by atoms with Crippen molar-refractivity contribution in [3.05, 3.63) is 35.9 Å². The SMILES string of the molecule is C[C@H](CCCNC(Cc1ccccc1)C(=O)NC(CCS)C(=O)O)[C@H]1CC[C@H]2[C@@H]3CC[C@@H]4C[C@H](O)CC[C@]4(C)[C@H]3CC[C@]12C. The molecule has 0 bridgehead atoms. The molecule has 0 saturated heterocycles. The van der Waals surface area contributed by atoms with Crippen LogP contribution in [0.25, 0.3) is 0 Å². The highest BCUT2D eigenvalue weighted by Crippen LogP contribution is 2.68. The number of carbonyl (C=O) groups excluding carboxylic acids is 1. The van der Waals surface area contributed by atoms with Crippen LogP contribution in [-0.4, -0.2) is 52.6 Å². The van der Waals surface area contributed by atoms with E-state index in [0.29, 0.717) is 41.3 Å². The first-order valence-electron chi connectivity index (χ1n) is 17.7. The molecular formula is C37H58N2O4S. The highest BCUT2D eigenvalue weighted by molar-refractivity contribution is 7.80. The molecule has 4 fully saturated rings. The summed E-state index contributed by atoms with van der Waals surface area (Å²) in [5.74, 6) is 3.79. The van der Waals surface area contributed by atoms with E-state index in [9.17, 15) is 19.8 Å². The molecule has 4 N–H and O–H groups in total. The Balaban J connectivity index is 1.16. The van der Waals surface area contributed by atoms with E-state index in [1.54, 1.807) is 0 Å². The lowest BCUT2D eigenvalue weighted by molar-refractivity contribution is -0.142. The Morgan fingerprint density at radius 1 is 0.955 bits per heavy atom. The quantitative estimate of drug-likeness (QED) is 0.127. The molecule has 7 heteroatoms. The number of benzene rings is 1. The van der Waals surface area contributed by atoms with Crippen LogP contribution in [0.2, 0.25) is 0 Å². The van der Waals surface area contributed by atoms with Crippen LogP contribution >= 0.6 is 12.6 Å². The number of hydrogen-bond acceptors (Lipinski definition) is 5. The minimum Gasteiger partial charge on any atom is -0.480 e. The van der Waals surface area contributed by atoms with Crippen molar-refractivity contribution in [3.8, 4) is 0 Å². The normalized spacial score (nSPS) is 36.8. The first-order valence-corrected chi connectivity index (χ1v) is 18.3. The van der Waals surface area contributed by atoms with Crippen molar-refractivity contribution in [2.75, 3.05) is 12.3 Å². The molecule has 11 atom stereocenters. The Hall–Kier alpha value is -1.57. The van der Waals surface area contributed by atoms with Gasteiger partial charge in [0, 0.05) is 0 Å². The zero-order chi connectivity index (χ0) is 31.5. The maximum Gasteiger partial charge on any atom is 0.326 e. The topological polar surface area (TPSA) is 98.7 Å². The molecule has 0 radical (unpaired) electrons. The summed E-state index contributed by atoms with van der Waals surface area (Å²) in [6.45, 7) is 8.42. The van der Waals surface area contributed by atoms with Crippen molar-refractivity contribution in [2.24, 2.45) is 46.3 Å². The molecule has 1 aromatic carbocycles. The van der Waals surface area contributed by atoms with Crippen LogP contribution in [0, 0.1) is 46.3 Å². The number of aliphatic hydroxyl groups excluding tert-OH is 1. The number of amides is 1. The van der Waals surface area contributed by atoms with E-state index in [1.807, 2.05) is 30.3 Å². The first-order chi connectivity index (χ1) is 21.1. The van der Waals surface area contributed by atoms with Crippen molar-refractivity contribution in [2.45, 2.75) is 122 Å². The number of fused-ring (bicyclic) bond motifs is 5. The second-order valence-electron chi connectivity index (χ2n) is 15.5. The Bertz CT molecular complexity index is 1120. The molecule has 0 spiro atoms. The van der Waals surface area contributed by atoms with E-state index in [1.165, 1.54) is 44.9 Å². The second kappa shape index (κ2) is 14.5. The van der Waals surface area contributed by atoms with Crippen LogP contribution in [-0.2, 0) is 16.0 Å². The van der Waals surface area contributed by atoms with Gasteiger partial charge in [-0.05, 0) is 148 Å². The lowest BCUT2D eigenvalue weighted by Gasteiger charge is -2.61. The lowest BCUT2D eigenvalue weighted by atomic mass is 9.44. The van der Waals surface area contributed by atoms with Gasteiger partial charge in [0.25, 0.3) is 0 Å². The Morgan fingerprint density at radius 2 is 1.68 bits per heavy atom. The monoisotopic (exact) mass is 626 g/mol. The second-order valence-corrected chi connectivity index (χ2v) is 16.0. The van der Waals surface area contributed by atoms with Gasteiger partial charge in [-0.2, -0.15) is 12.6 Å². The van der Waals surface area contributed by atoms with Crippen LogP contribution in [0.15, 0.2) is 30.3 Å². The number of rotatable bonds is 13. The fourth-order valence-corrected chi connectivity index (χ4v) is 11.1. The zero-order valence-corrected chi connectivity index (χ0v) is 28.2. The maximum absolute atomic E-state index is 13.2. The van der Waals surface area contributed by atoms with Crippen molar-refractivity contribution >= 4 is 24.5 Å². The van der Waals surface area contributed by atoms with Gasteiger partial charge < -0.3 is 20.8 Å². The van der Waals surface area contributed by atoms with E-state index < -0.39 is 18.1 Å². The smallest absolute Gasteiger partial charge is 0.326 e. The van der Waals surface area contributed by atoms with Crippen LogP contribution in [0.4, 0.5) is 0 Å². The highest BCUT2D eigenvalue weighted by Gasteiger charge is 2.60. The number of carboxylic acid groups (broad SMARTS) is 1. The van der Waals surface area contributed by atoms with E-state index >= 15 is 0 Å². The number of aliphatic hydroxyl groups is 1. The van der Waals surface area contributed by atoms with Gasteiger partial charge in [0.05, 0.1) is 12.1 Å². The number of nitrogens with one attached hydrogen (secondary N) is 2. The first kappa shape index (κ1) is 33.8.